The smallest absolute Gasteiger partial charge is 0.328 e. The van der Waals surface area contributed by atoms with Crippen molar-refractivity contribution in [3.8, 4) is 0 Å². The van der Waals surface area contributed by atoms with Crippen LogP contribution in [0.5, 0.6) is 0 Å². The Morgan fingerprint density at radius 2 is 1.96 bits per heavy atom. The van der Waals surface area contributed by atoms with Gasteiger partial charge < -0.3 is 15.8 Å². The maximum Gasteiger partial charge on any atom is 0.328 e. The Morgan fingerprint density at radius 3 is 2.68 bits per heavy atom. The Balaban J connectivity index is 1.85. The van der Waals surface area contributed by atoms with Gasteiger partial charge in [-0.05, 0) is 30.9 Å². The number of fused-ring (bicyclic) bond motifs is 1. The number of nitrogens with zero attached hydrogens (tertiary/aromatic N) is 1. The zero-order valence-corrected chi connectivity index (χ0v) is 14.3. The molecule has 25 heavy (non-hydrogen) atoms. The highest BCUT2D eigenvalue weighted by Gasteiger charge is 2.32. The Morgan fingerprint density at radius 1 is 1.24 bits per heavy atom. The number of anilines is 1. The number of hydrogen-bond acceptors (Lipinski definition) is 5. The number of hydrogen-bond donors (Lipinski definition) is 2. The molecule has 0 bridgehead atoms. The van der Waals surface area contributed by atoms with Crippen molar-refractivity contribution in [2.75, 3.05) is 12.8 Å². The second kappa shape index (κ2) is 7.51. The molecule has 1 atom stereocenters. The van der Waals surface area contributed by atoms with Crippen LogP contribution in [0.15, 0.2) is 30.3 Å². The number of pyridine rings is 1. The van der Waals surface area contributed by atoms with Gasteiger partial charge in [0, 0.05) is 5.39 Å². The monoisotopic (exact) mass is 341 g/mol. The average molecular weight is 341 g/mol. The van der Waals surface area contributed by atoms with E-state index in [2.05, 4.69) is 10.3 Å². The molecule has 1 heterocycles. The van der Waals surface area contributed by atoms with Crippen LogP contribution < -0.4 is 11.1 Å². The SMILES string of the molecule is COC(=O)[C@@H](NC(=O)c1nc2ccccc2cc1N)C1CCCCC1. The van der Waals surface area contributed by atoms with Gasteiger partial charge in [0.05, 0.1) is 18.3 Å². The molecule has 1 saturated carbocycles. The second-order valence-electron chi connectivity index (χ2n) is 6.49. The molecular weight excluding hydrogens is 318 g/mol. The van der Waals surface area contributed by atoms with E-state index in [0.29, 0.717) is 11.2 Å². The fourth-order valence-electron chi connectivity index (χ4n) is 3.49. The van der Waals surface area contributed by atoms with E-state index in [1.54, 1.807) is 6.07 Å². The lowest BCUT2D eigenvalue weighted by atomic mass is 9.84. The lowest BCUT2D eigenvalue weighted by molar-refractivity contribution is -0.144. The van der Waals surface area contributed by atoms with E-state index in [1.807, 2.05) is 24.3 Å². The molecule has 3 rings (SSSR count). The van der Waals surface area contributed by atoms with E-state index in [4.69, 9.17) is 10.5 Å². The third-order valence-corrected chi connectivity index (χ3v) is 4.83. The first-order chi connectivity index (χ1) is 12.1. The van der Waals surface area contributed by atoms with Crippen molar-refractivity contribution in [1.82, 2.24) is 10.3 Å². The highest BCUT2D eigenvalue weighted by molar-refractivity contribution is 6.01. The van der Waals surface area contributed by atoms with Crippen molar-refractivity contribution in [3.05, 3.63) is 36.0 Å². The third-order valence-electron chi connectivity index (χ3n) is 4.83. The summed E-state index contributed by atoms with van der Waals surface area (Å²) in [5.74, 6) is -0.768. The molecular formula is C19H23N3O3. The van der Waals surface area contributed by atoms with E-state index < -0.39 is 17.9 Å². The van der Waals surface area contributed by atoms with Gasteiger partial charge in [-0.25, -0.2) is 9.78 Å². The number of ether oxygens (including phenoxy) is 1. The first kappa shape index (κ1) is 17.2. The van der Waals surface area contributed by atoms with Crippen molar-refractivity contribution < 1.29 is 14.3 Å². The molecule has 1 aromatic carbocycles. The first-order valence-corrected chi connectivity index (χ1v) is 8.64. The molecule has 132 valence electrons. The van der Waals surface area contributed by atoms with Crippen LogP contribution in [-0.2, 0) is 9.53 Å². The Kier molecular flexibility index (Phi) is 5.16. The molecule has 0 aliphatic heterocycles. The fourth-order valence-corrected chi connectivity index (χ4v) is 3.49. The van der Waals surface area contributed by atoms with Crippen molar-refractivity contribution in [1.29, 1.82) is 0 Å². The van der Waals surface area contributed by atoms with Crippen LogP contribution >= 0.6 is 0 Å². The predicted octanol–water partition coefficient (Wildman–Crippen LogP) is 2.67. The average Bonchev–Trinajstić information content (AvgIpc) is 2.65. The molecule has 0 radical (unpaired) electrons. The summed E-state index contributed by atoms with van der Waals surface area (Å²) in [4.78, 5) is 29.3. The van der Waals surface area contributed by atoms with Gasteiger partial charge in [0.15, 0.2) is 5.69 Å². The fraction of sp³-hybridized carbons (Fsp3) is 0.421. The zero-order chi connectivity index (χ0) is 17.8. The van der Waals surface area contributed by atoms with Crippen molar-refractivity contribution >= 4 is 28.5 Å². The summed E-state index contributed by atoms with van der Waals surface area (Å²) >= 11 is 0. The number of benzene rings is 1. The van der Waals surface area contributed by atoms with Gasteiger partial charge in [-0.3, -0.25) is 4.79 Å². The maximum absolute atomic E-state index is 12.7. The summed E-state index contributed by atoms with van der Waals surface area (Å²) in [6, 6.07) is 8.52. The molecule has 1 aromatic heterocycles. The first-order valence-electron chi connectivity index (χ1n) is 8.64. The molecule has 1 amide bonds. The highest BCUT2D eigenvalue weighted by Crippen LogP contribution is 2.27. The predicted molar refractivity (Wildman–Crippen MR) is 96.0 cm³/mol. The summed E-state index contributed by atoms with van der Waals surface area (Å²) in [5.41, 5.74) is 7.14. The molecule has 1 aliphatic rings. The van der Waals surface area contributed by atoms with Crippen molar-refractivity contribution in [3.63, 3.8) is 0 Å². The van der Waals surface area contributed by atoms with Gasteiger partial charge >= 0.3 is 5.97 Å². The van der Waals surface area contributed by atoms with Gasteiger partial charge in [0.1, 0.15) is 6.04 Å². The van der Waals surface area contributed by atoms with E-state index in [0.717, 1.165) is 37.5 Å². The van der Waals surface area contributed by atoms with E-state index in [-0.39, 0.29) is 11.6 Å². The molecule has 2 aromatic rings. The standard InChI is InChI=1S/C19H23N3O3/c1-25-19(24)16(12-7-3-2-4-8-12)22-18(23)17-14(20)11-13-9-5-6-10-15(13)21-17/h5-6,9-12,16H,2-4,7-8,20H2,1H3,(H,22,23)/t16-/m0/s1. The summed E-state index contributed by atoms with van der Waals surface area (Å²) in [5, 5.41) is 3.67. The molecule has 1 fully saturated rings. The topological polar surface area (TPSA) is 94.3 Å². The van der Waals surface area contributed by atoms with Crippen LogP contribution in [0.25, 0.3) is 10.9 Å². The molecule has 1 aliphatic carbocycles. The van der Waals surface area contributed by atoms with Crippen LogP contribution in [0.3, 0.4) is 0 Å². The van der Waals surface area contributed by atoms with Crippen molar-refractivity contribution in [2.24, 2.45) is 5.92 Å². The normalized spacial score (nSPS) is 16.4. The summed E-state index contributed by atoms with van der Waals surface area (Å²) in [7, 11) is 1.34. The van der Waals surface area contributed by atoms with E-state index in [9.17, 15) is 9.59 Å². The largest absolute Gasteiger partial charge is 0.467 e. The Labute approximate surface area is 146 Å². The number of carbonyl (C=O) groups excluding carboxylic acids is 2. The van der Waals surface area contributed by atoms with Crippen LogP contribution in [0.1, 0.15) is 42.6 Å². The summed E-state index contributed by atoms with van der Waals surface area (Å²) < 4.78 is 4.90. The van der Waals surface area contributed by atoms with Crippen LogP contribution in [0.4, 0.5) is 5.69 Å². The van der Waals surface area contributed by atoms with Crippen LogP contribution in [0.2, 0.25) is 0 Å². The summed E-state index contributed by atoms with van der Waals surface area (Å²) in [6.45, 7) is 0. The minimum absolute atomic E-state index is 0.0897. The van der Waals surface area contributed by atoms with Crippen LogP contribution in [-0.4, -0.2) is 30.0 Å². The number of esters is 1. The van der Waals surface area contributed by atoms with Crippen molar-refractivity contribution in [2.45, 2.75) is 38.1 Å². The van der Waals surface area contributed by atoms with Gasteiger partial charge in [-0.15, -0.1) is 0 Å². The third kappa shape index (κ3) is 3.73. The Hall–Kier alpha value is -2.63. The summed E-state index contributed by atoms with van der Waals surface area (Å²) in [6.07, 6.45) is 5.09. The van der Waals surface area contributed by atoms with Gasteiger partial charge in [0.2, 0.25) is 0 Å². The highest BCUT2D eigenvalue weighted by atomic mass is 16.5. The minimum atomic E-state index is -0.662. The minimum Gasteiger partial charge on any atom is -0.467 e. The number of carbonyl (C=O) groups is 2. The number of amides is 1. The molecule has 3 N–H and O–H groups in total. The quantitative estimate of drug-likeness (QED) is 0.834. The lowest BCUT2D eigenvalue weighted by Crippen LogP contribution is -2.47. The molecule has 0 spiro atoms. The van der Waals surface area contributed by atoms with Gasteiger partial charge in [-0.2, -0.15) is 0 Å². The second-order valence-corrected chi connectivity index (χ2v) is 6.49. The number of methoxy groups -OCH3 is 1. The van der Waals surface area contributed by atoms with E-state index >= 15 is 0 Å². The lowest BCUT2D eigenvalue weighted by Gasteiger charge is -2.29. The molecule has 6 heteroatoms. The number of nitrogens with one attached hydrogen (secondary N) is 1. The number of nitrogen functional groups attached to an aromatic ring is 1. The van der Waals surface area contributed by atoms with Crippen LogP contribution in [0, 0.1) is 5.92 Å². The van der Waals surface area contributed by atoms with Gasteiger partial charge in [-0.1, -0.05) is 37.5 Å². The zero-order valence-electron chi connectivity index (χ0n) is 14.3. The number of aromatic nitrogens is 1. The molecule has 0 unspecified atom stereocenters. The number of rotatable bonds is 4. The number of nitrogens with two attached hydrogens (primary N) is 1. The molecule has 6 nitrogen and oxygen atoms in total. The van der Waals surface area contributed by atoms with Gasteiger partial charge in [0.25, 0.3) is 5.91 Å². The van der Waals surface area contributed by atoms with E-state index in [1.165, 1.54) is 7.11 Å². The molecule has 0 saturated heterocycles. The number of para-hydroxylation sites is 1. The Bertz CT molecular complexity index is 785. The maximum atomic E-state index is 12.7.